The Hall–Kier alpha value is -0.200. The first-order valence-electron chi connectivity index (χ1n) is 7.51. The summed E-state index contributed by atoms with van der Waals surface area (Å²) in [6.45, 7) is 8.77. The predicted octanol–water partition coefficient (Wildman–Crippen LogP) is 2.72. The molecule has 0 saturated heterocycles. The standard InChI is InChI=1S/C14H31N3O2/c1-5-6-13(15)17(19-18-16)14(3,4)12-9-7-11(2)8-10-12/h11-13H,5-10,15-16H2,1-4H3. The van der Waals surface area contributed by atoms with E-state index >= 15 is 0 Å². The Labute approximate surface area is 117 Å². The Bertz CT molecular complexity index is 253. The lowest BCUT2D eigenvalue weighted by molar-refractivity contribution is -0.467. The lowest BCUT2D eigenvalue weighted by Gasteiger charge is -2.46. The molecule has 1 fully saturated rings. The number of rotatable bonds is 7. The first-order valence-corrected chi connectivity index (χ1v) is 7.51. The Morgan fingerprint density at radius 1 is 1.26 bits per heavy atom. The minimum atomic E-state index is -0.192. The van der Waals surface area contributed by atoms with Gasteiger partial charge in [0.1, 0.15) is 0 Å². The van der Waals surface area contributed by atoms with E-state index < -0.39 is 0 Å². The van der Waals surface area contributed by atoms with Gasteiger partial charge in [-0.05, 0) is 44.9 Å². The van der Waals surface area contributed by atoms with Crippen molar-refractivity contribution in [2.24, 2.45) is 23.5 Å². The van der Waals surface area contributed by atoms with Crippen molar-refractivity contribution in [2.45, 2.75) is 77.9 Å². The van der Waals surface area contributed by atoms with Gasteiger partial charge in [0.15, 0.2) is 0 Å². The summed E-state index contributed by atoms with van der Waals surface area (Å²) >= 11 is 0. The third-order valence-electron chi connectivity index (χ3n) is 4.59. The molecule has 4 N–H and O–H groups in total. The first kappa shape index (κ1) is 16.9. The van der Waals surface area contributed by atoms with Gasteiger partial charge < -0.3 is 5.73 Å². The lowest BCUT2D eigenvalue weighted by Crippen LogP contribution is -2.57. The van der Waals surface area contributed by atoms with E-state index in [0.29, 0.717) is 5.92 Å². The fraction of sp³-hybridized carbons (Fsp3) is 1.00. The Morgan fingerprint density at radius 3 is 2.32 bits per heavy atom. The van der Waals surface area contributed by atoms with Crippen molar-refractivity contribution in [3.05, 3.63) is 0 Å². The Morgan fingerprint density at radius 2 is 1.84 bits per heavy atom. The van der Waals surface area contributed by atoms with Gasteiger partial charge in [-0.25, -0.2) is 0 Å². The van der Waals surface area contributed by atoms with Gasteiger partial charge in [-0.15, -0.1) is 15.0 Å². The predicted molar refractivity (Wildman–Crippen MR) is 76.3 cm³/mol. The van der Waals surface area contributed by atoms with Crippen molar-refractivity contribution in [3.63, 3.8) is 0 Å². The van der Waals surface area contributed by atoms with Crippen LogP contribution in [0.2, 0.25) is 0 Å². The van der Waals surface area contributed by atoms with Crippen LogP contribution in [0, 0.1) is 11.8 Å². The van der Waals surface area contributed by atoms with Crippen LogP contribution < -0.4 is 11.6 Å². The maximum Gasteiger partial charge on any atom is 0.0855 e. The minimum absolute atomic E-state index is 0.173. The van der Waals surface area contributed by atoms with Gasteiger partial charge in [0.25, 0.3) is 0 Å². The smallest absolute Gasteiger partial charge is 0.0855 e. The second kappa shape index (κ2) is 7.55. The molecule has 5 heteroatoms. The van der Waals surface area contributed by atoms with Crippen LogP contribution in [0.3, 0.4) is 0 Å². The second-order valence-corrected chi connectivity index (χ2v) is 6.46. The molecule has 1 saturated carbocycles. The molecule has 0 heterocycles. The maximum atomic E-state index is 6.20. The van der Waals surface area contributed by atoms with Gasteiger partial charge in [-0.1, -0.05) is 33.1 Å². The highest BCUT2D eigenvalue weighted by Gasteiger charge is 2.41. The molecular weight excluding hydrogens is 242 g/mol. The van der Waals surface area contributed by atoms with Gasteiger partial charge in [0.05, 0.1) is 6.17 Å². The quantitative estimate of drug-likeness (QED) is 0.424. The fourth-order valence-electron chi connectivity index (χ4n) is 3.18. The van der Waals surface area contributed by atoms with E-state index in [2.05, 4.69) is 32.7 Å². The monoisotopic (exact) mass is 273 g/mol. The van der Waals surface area contributed by atoms with E-state index in [1.165, 1.54) is 25.7 Å². The van der Waals surface area contributed by atoms with Crippen molar-refractivity contribution in [1.82, 2.24) is 5.06 Å². The fourth-order valence-corrected chi connectivity index (χ4v) is 3.18. The van der Waals surface area contributed by atoms with E-state index in [0.717, 1.165) is 18.8 Å². The molecule has 1 atom stereocenters. The van der Waals surface area contributed by atoms with E-state index in [4.69, 9.17) is 16.6 Å². The summed E-state index contributed by atoms with van der Waals surface area (Å²) in [6, 6.07) is 0. The van der Waals surface area contributed by atoms with Crippen LogP contribution in [-0.4, -0.2) is 16.8 Å². The number of nitrogens with zero attached hydrogens (tertiary/aromatic N) is 1. The van der Waals surface area contributed by atoms with E-state index in [1.54, 1.807) is 5.06 Å². The summed E-state index contributed by atoms with van der Waals surface area (Å²) in [7, 11) is 0. The number of hydroxylamine groups is 2. The van der Waals surface area contributed by atoms with Crippen LogP contribution in [0.4, 0.5) is 0 Å². The summed E-state index contributed by atoms with van der Waals surface area (Å²) in [6.07, 6.45) is 6.62. The Kier molecular flexibility index (Phi) is 6.69. The average Bonchev–Trinajstić information content (AvgIpc) is 2.36. The lowest BCUT2D eigenvalue weighted by atomic mass is 9.73. The molecular formula is C14H31N3O2. The summed E-state index contributed by atoms with van der Waals surface area (Å²) in [5, 5.41) is 1.75. The summed E-state index contributed by atoms with van der Waals surface area (Å²) in [5.41, 5.74) is 6.03. The molecule has 114 valence electrons. The van der Waals surface area contributed by atoms with Crippen molar-refractivity contribution in [1.29, 1.82) is 0 Å². The SMILES string of the molecule is CCCC(N)N(OON)C(C)(C)C1CCC(C)CC1. The van der Waals surface area contributed by atoms with Crippen LogP contribution in [-0.2, 0) is 9.98 Å². The zero-order valence-electron chi connectivity index (χ0n) is 12.9. The normalized spacial score (nSPS) is 26.7. The first-order chi connectivity index (χ1) is 8.93. The van der Waals surface area contributed by atoms with Crippen molar-refractivity contribution in [3.8, 4) is 0 Å². The topological polar surface area (TPSA) is 73.7 Å². The van der Waals surface area contributed by atoms with Crippen LogP contribution in [0.1, 0.15) is 66.2 Å². The van der Waals surface area contributed by atoms with Crippen molar-refractivity contribution in [2.75, 3.05) is 0 Å². The van der Waals surface area contributed by atoms with Crippen LogP contribution in [0.25, 0.3) is 0 Å². The van der Waals surface area contributed by atoms with Gasteiger partial charge in [0.2, 0.25) is 0 Å². The molecule has 0 spiro atoms. The largest absolute Gasteiger partial charge is 0.314 e. The summed E-state index contributed by atoms with van der Waals surface area (Å²) < 4.78 is 0. The van der Waals surface area contributed by atoms with Crippen molar-refractivity contribution < 1.29 is 9.98 Å². The maximum absolute atomic E-state index is 6.20. The summed E-state index contributed by atoms with van der Waals surface area (Å²) in [4.78, 5) is 9.60. The molecule has 1 aliphatic carbocycles. The highest BCUT2D eigenvalue weighted by molar-refractivity contribution is 4.89. The molecule has 0 aromatic heterocycles. The molecule has 1 unspecified atom stereocenters. The molecule has 19 heavy (non-hydrogen) atoms. The van der Waals surface area contributed by atoms with Gasteiger partial charge >= 0.3 is 0 Å². The van der Waals surface area contributed by atoms with E-state index in [1.807, 2.05) is 0 Å². The second-order valence-electron chi connectivity index (χ2n) is 6.46. The van der Waals surface area contributed by atoms with Gasteiger partial charge in [0, 0.05) is 5.54 Å². The Balaban J connectivity index is 2.73. The number of hydrogen-bond acceptors (Lipinski definition) is 5. The molecule has 0 amide bonds. The van der Waals surface area contributed by atoms with Gasteiger partial charge in [-0.3, -0.25) is 0 Å². The number of hydrogen-bond donors (Lipinski definition) is 2. The highest BCUT2D eigenvalue weighted by atomic mass is 17.3. The van der Waals surface area contributed by atoms with E-state index in [-0.39, 0.29) is 11.7 Å². The molecule has 0 aromatic rings. The third-order valence-corrected chi connectivity index (χ3v) is 4.59. The molecule has 0 bridgehead atoms. The highest BCUT2D eigenvalue weighted by Crippen LogP contribution is 2.39. The third kappa shape index (κ3) is 4.39. The van der Waals surface area contributed by atoms with E-state index in [9.17, 15) is 0 Å². The average molecular weight is 273 g/mol. The van der Waals surface area contributed by atoms with Crippen LogP contribution in [0.15, 0.2) is 0 Å². The van der Waals surface area contributed by atoms with Crippen LogP contribution >= 0.6 is 0 Å². The molecule has 0 radical (unpaired) electrons. The zero-order valence-corrected chi connectivity index (χ0v) is 12.9. The number of nitrogens with two attached hydrogens (primary N) is 2. The molecule has 1 rings (SSSR count). The minimum Gasteiger partial charge on any atom is -0.314 e. The van der Waals surface area contributed by atoms with Crippen LogP contribution in [0.5, 0.6) is 0 Å². The molecule has 1 aliphatic rings. The molecule has 5 nitrogen and oxygen atoms in total. The zero-order chi connectivity index (χ0) is 14.5. The van der Waals surface area contributed by atoms with Gasteiger partial charge in [-0.2, -0.15) is 5.90 Å². The molecule has 0 aromatic carbocycles. The molecule has 0 aliphatic heterocycles. The van der Waals surface area contributed by atoms with Crippen molar-refractivity contribution >= 4 is 0 Å². The summed E-state index contributed by atoms with van der Waals surface area (Å²) in [5.74, 6) is 6.48.